The fourth-order valence-corrected chi connectivity index (χ4v) is 3.78. The van der Waals surface area contributed by atoms with Gasteiger partial charge in [-0.15, -0.1) is 0 Å². The smallest absolute Gasteiger partial charge is 0.224 e. The van der Waals surface area contributed by atoms with Gasteiger partial charge in [-0.1, -0.05) is 18.2 Å². The number of aryl methyl sites for hydroxylation is 1. The van der Waals surface area contributed by atoms with Crippen LogP contribution in [0, 0.1) is 11.3 Å². The van der Waals surface area contributed by atoms with E-state index in [-0.39, 0.29) is 5.91 Å². The van der Waals surface area contributed by atoms with Crippen LogP contribution in [0.15, 0.2) is 48.5 Å². The second-order valence-corrected chi connectivity index (χ2v) is 7.31. The molecule has 1 amide bonds. The van der Waals surface area contributed by atoms with Gasteiger partial charge in [-0.2, -0.15) is 5.26 Å². The van der Waals surface area contributed by atoms with Crippen molar-refractivity contribution < 1.29 is 4.79 Å². The number of carbonyl (C=O) groups excluding carboxylic acids is 1. The maximum Gasteiger partial charge on any atom is 0.224 e. The Kier molecular flexibility index (Phi) is 5.41. The molecule has 0 radical (unpaired) electrons. The number of nitriles is 1. The summed E-state index contributed by atoms with van der Waals surface area (Å²) in [6, 6.07) is 16.2. The van der Waals surface area contributed by atoms with Gasteiger partial charge in [-0.05, 0) is 53.9 Å². The lowest BCUT2D eigenvalue weighted by atomic mass is 10.0. The van der Waals surface area contributed by atoms with Gasteiger partial charge in [0.1, 0.15) is 0 Å². The van der Waals surface area contributed by atoms with Crippen LogP contribution in [0.4, 0.5) is 11.4 Å². The Morgan fingerprint density at radius 3 is 2.57 bits per heavy atom. The van der Waals surface area contributed by atoms with Crippen LogP contribution in [0.2, 0.25) is 0 Å². The van der Waals surface area contributed by atoms with Crippen LogP contribution in [0.3, 0.4) is 0 Å². The first-order valence-electron chi connectivity index (χ1n) is 9.78. The van der Waals surface area contributed by atoms with Crippen molar-refractivity contribution in [2.75, 3.05) is 42.9 Å². The van der Waals surface area contributed by atoms with Gasteiger partial charge in [-0.25, -0.2) is 0 Å². The Hall–Kier alpha value is -3.10. The van der Waals surface area contributed by atoms with Crippen molar-refractivity contribution in [3.63, 3.8) is 0 Å². The molecule has 5 heteroatoms. The number of hydrogen-bond donors (Lipinski definition) is 1. The number of fused-ring (bicyclic) bond motifs is 1. The molecule has 5 nitrogen and oxygen atoms in total. The average Bonchev–Trinajstić information content (AvgIpc) is 2.74. The van der Waals surface area contributed by atoms with Gasteiger partial charge in [0.15, 0.2) is 0 Å². The molecule has 4 rings (SSSR count). The summed E-state index contributed by atoms with van der Waals surface area (Å²) in [5.74, 6) is 0.107. The van der Waals surface area contributed by atoms with E-state index in [1.165, 1.54) is 16.8 Å². The van der Waals surface area contributed by atoms with Crippen molar-refractivity contribution in [1.82, 2.24) is 4.90 Å². The zero-order valence-corrected chi connectivity index (χ0v) is 15.9. The number of piperazine rings is 1. The van der Waals surface area contributed by atoms with Gasteiger partial charge in [-0.3, -0.25) is 9.69 Å². The summed E-state index contributed by atoms with van der Waals surface area (Å²) in [5.41, 5.74) is 5.25. The van der Waals surface area contributed by atoms with E-state index in [1.807, 2.05) is 30.3 Å². The molecular formula is C23H24N4O. The minimum Gasteiger partial charge on any atom is -0.369 e. The Morgan fingerprint density at radius 1 is 1.04 bits per heavy atom. The number of benzene rings is 2. The summed E-state index contributed by atoms with van der Waals surface area (Å²) in [4.78, 5) is 16.3. The summed E-state index contributed by atoms with van der Waals surface area (Å²) < 4.78 is 0. The lowest BCUT2D eigenvalue weighted by Gasteiger charge is -2.35. The highest BCUT2D eigenvalue weighted by Crippen LogP contribution is 2.24. The van der Waals surface area contributed by atoms with Crippen molar-refractivity contribution in [2.24, 2.45) is 0 Å². The number of nitrogens with one attached hydrogen (secondary N) is 1. The van der Waals surface area contributed by atoms with E-state index < -0.39 is 0 Å². The molecule has 1 N–H and O–H groups in total. The van der Waals surface area contributed by atoms with Gasteiger partial charge in [0.25, 0.3) is 0 Å². The SMILES string of the molecule is N#Cc1ccc(N2CCN(C/C=C/c3ccc4c(c3)CCC(=O)N4)CC2)cc1. The lowest BCUT2D eigenvalue weighted by molar-refractivity contribution is -0.116. The zero-order chi connectivity index (χ0) is 19.3. The second kappa shape index (κ2) is 8.28. The first kappa shape index (κ1) is 18.3. The topological polar surface area (TPSA) is 59.4 Å². The van der Waals surface area contributed by atoms with E-state index in [0.29, 0.717) is 12.0 Å². The zero-order valence-electron chi connectivity index (χ0n) is 15.9. The summed E-state index contributed by atoms with van der Waals surface area (Å²) in [7, 11) is 0. The molecule has 0 unspecified atom stereocenters. The van der Waals surface area contributed by atoms with Gasteiger partial charge in [0.05, 0.1) is 11.6 Å². The predicted octanol–water partition coefficient (Wildman–Crippen LogP) is 3.28. The van der Waals surface area contributed by atoms with E-state index in [1.54, 1.807) is 0 Å². The Bertz CT molecular complexity index is 919. The average molecular weight is 372 g/mol. The molecule has 28 heavy (non-hydrogen) atoms. The van der Waals surface area contributed by atoms with Gasteiger partial charge < -0.3 is 10.2 Å². The predicted molar refractivity (Wildman–Crippen MR) is 112 cm³/mol. The molecule has 1 saturated heterocycles. The van der Waals surface area contributed by atoms with Crippen LogP contribution in [0.5, 0.6) is 0 Å². The second-order valence-electron chi connectivity index (χ2n) is 7.31. The number of hydrogen-bond acceptors (Lipinski definition) is 4. The Labute approximate surface area is 165 Å². The Balaban J connectivity index is 1.28. The molecular weight excluding hydrogens is 348 g/mol. The fourth-order valence-electron chi connectivity index (χ4n) is 3.78. The summed E-state index contributed by atoms with van der Waals surface area (Å²) in [5, 5.41) is 11.8. The first-order chi connectivity index (χ1) is 13.7. The van der Waals surface area contributed by atoms with Crippen LogP contribution >= 0.6 is 0 Å². The van der Waals surface area contributed by atoms with Gasteiger partial charge >= 0.3 is 0 Å². The number of nitrogens with zero attached hydrogens (tertiary/aromatic N) is 3. The third kappa shape index (κ3) is 4.24. The molecule has 1 fully saturated rings. The summed E-state index contributed by atoms with van der Waals surface area (Å²) >= 11 is 0. The molecule has 0 atom stereocenters. The highest BCUT2D eigenvalue weighted by atomic mass is 16.1. The molecule has 0 aliphatic carbocycles. The minimum atomic E-state index is 0.107. The number of amides is 1. The molecule has 2 heterocycles. The van der Waals surface area contributed by atoms with Crippen molar-refractivity contribution in [3.8, 4) is 6.07 Å². The van der Waals surface area contributed by atoms with Crippen LogP contribution < -0.4 is 10.2 Å². The van der Waals surface area contributed by atoms with Gasteiger partial charge in [0.2, 0.25) is 5.91 Å². The molecule has 0 aromatic heterocycles. The highest BCUT2D eigenvalue weighted by Gasteiger charge is 2.16. The van der Waals surface area contributed by atoms with E-state index in [9.17, 15) is 4.79 Å². The monoisotopic (exact) mass is 372 g/mol. The molecule has 2 aromatic carbocycles. The number of rotatable bonds is 4. The largest absolute Gasteiger partial charge is 0.369 e. The lowest BCUT2D eigenvalue weighted by Crippen LogP contribution is -2.46. The van der Waals surface area contributed by atoms with Crippen LogP contribution in [-0.2, 0) is 11.2 Å². The van der Waals surface area contributed by atoms with Crippen molar-refractivity contribution in [2.45, 2.75) is 12.8 Å². The van der Waals surface area contributed by atoms with E-state index in [4.69, 9.17) is 5.26 Å². The van der Waals surface area contributed by atoms with Crippen LogP contribution in [0.25, 0.3) is 6.08 Å². The molecule has 2 aliphatic heterocycles. The van der Waals surface area contributed by atoms with Crippen molar-refractivity contribution >= 4 is 23.4 Å². The maximum absolute atomic E-state index is 11.5. The molecule has 142 valence electrons. The van der Waals surface area contributed by atoms with E-state index in [2.05, 4.69) is 45.5 Å². The van der Waals surface area contributed by atoms with Crippen LogP contribution in [-0.4, -0.2) is 43.5 Å². The highest BCUT2D eigenvalue weighted by molar-refractivity contribution is 5.94. The number of carbonyl (C=O) groups is 1. The van der Waals surface area contributed by atoms with Crippen LogP contribution in [0.1, 0.15) is 23.1 Å². The van der Waals surface area contributed by atoms with E-state index >= 15 is 0 Å². The Morgan fingerprint density at radius 2 is 1.82 bits per heavy atom. The quantitative estimate of drug-likeness (QED) is 0.895. The molecule has 2 aliphatic rings. The van der Waals surface area contributed by atoms with E-state index in [0.717, 1.165) is 44.8 Å². The third-order valence-electron chi connectivity index (χ3n) is 5.43. The van der Waals surface area contributed by atoms with Crippen molar-refractivity contribution in [1.29, 1.82) is 5.26 Å². The molecule has 0 bridgehead atoms. The normalized spacial score (nSPS) is 17.2. The number of anilines is 2. The van der Waals surface area contributed by atoms with Crippen molar-refractivity contribution in [3.05, 3.63) is 65.2 Å². The minimum absolute atomic E-state index is 0.107. The molecule has 2 aromatic rings. The third-order valence-corrected chi connectivity index (χ3v) is 5.43. The maximum atomic E-state index is 11.5. The summed E-state index contributed by atoms with van der Waals surface area (Å²) in [6.07, 6.45) is 5.79. The fraction of sp³-hybridized carbons (Fsp3) is 0.304. The molecule has 0 saturated carbocycles. The van der Waals surface area contributed by atoms with Gasteiger partial charge in [0, 0.05) is 50.5 Å². The molecule has 0 spiro atoms. The first-order valence-corrected chi connectivity index (χ1v) is 9.78. The summed E-state index contributed by atoms with van der Waals surface area (Å²) in [6.45, 7) is 4.99. The standard InChI is InChI=1S/C23H24N4O/c24-17-19-3-7-21(8-4-19)27-14-12-26(13-15-27)11-1-2-18-5-9-22-20(16-18)6-10-23(28)25-22/h1-5,7-9,16H,6,10-15H2,(H,25,28)/b2-1+.